The van der Waals surface area contributed by atoms with Crippen LogP contribution in [0.3, 0.4) is 0 Å². The van der Waals surface area contributed by atoms with Crippen molar-refractivity contribution in [1.29, 1.82) is 0 Å². The Hall–Kier alpha value is -1.35. The Labute approximate surface area is 171 Å². The lowest BCUT2D eigenvalue weighted by Crippen LogP contribution is -2.56. The van der Waals surface area contributed by atoms with Gasteiger partial charge in [0.05, 0.1) is 23.3 Å². The maximum absolute atomic E-state index is 13.6. The van der Waals surface area contributed by atoms with Crippen LogP contribution in [0.2, 0.25) is 5.02 Å². The predicted molar refractivity (Wildman–Crippen MR) is 107 cm³/mol. The molecule has 0 radical (unpaired) electrons. The fourth-order valence-electron chi connectivity index (χ4n) is 3.96. The van der Waals surface area contributed by atoms with Gasteiger partial charge in [0.1, 0.15) is 5.75 Å². The molecule has 0 unspecified atom stereocenters. The van der Waals surface area contributed by atoms with Crippen LogP contribution in [0.1, 0.15) is 25.3 Å². The van der Waals surface area contributed by atoms with E-state index in [1.807, 2.05) is 6.07 Å². The van der Waals surface area contributed by atoms with E-state index in [-0.39, 0.29) is 11.7 Å². The zero-order valence-electron chi connectivity index (χ0n) is 16.3. The number of piperazine rings is 1. The summed E-state index contributed by atoms with van der Waals surface area (Å²) in [7, 11) is -1.68. The number of hydrogen-bond acceptors (Lipinski definition) is 5. The largest absolute Gasteiger partial charge is 0.495 e. The maximum Gasteiger partial charge on any atom is 0.233 e. The summed E-state index contributed by atoms with van der Waals surface area (Å²) in [4.78, 5) is 15.4. The topological polar surface area (TPSA) is 76.2 Å². The molecule has 0 spiro atoms. The first-order chi connectivity index (χ1) is 13.3. The standard InChI is InChI=1S/C19H27ClN2O5S/c1-3-28(24,25)22-10-8-21(9-11-22)18(23)19(6-12-27-13-7-19)15-4-5-17(26-2)16(20)14-15/h4-5,14H,3,6-13H2,1-2H3. The number of rotatable bonds is 5. The normalized spacial score (nSPS) is 20.8. The van der Waals surface area contributed by atoms with E-state index in [2.05, 4.69) is 0 Å². The third-order valence-corrected chi connectivity index (χ3v) is 7.92. The number of sulfonamides is 1. The quantitative estimate of drug-likeness (QED) is 0.713. The first-order valence-electron chi connectivity index (χ1n) is 9.53. The molecule has 2 aliphatic rings. The average molecular weight is 431 g/mol. The second-order valence-electron chi connectivity index (χ2n) is 7.14. The first-order valence-corrected chi connectivity index (χ1v) is 11.5. The van der Waals surface area contributed by atoms with Gasteiger partial charge in [-0.05, 0) is 37.5 Å². The molecule has 0 saturated carbocycles. The van der Waals surface area contributed by atoms with Crippen LogP contribution in [0.4, 0.5) is 0 Å². The zero-order valence-corrected chi connectivity index (χ0v) is 17.9. The Bertz CT molecular complexity index is 816. The molecule has 156 valence electrons. The monoisotopic (exact) mass is 430 g/mol. The highest BCUT2D eigenvalue weighted by atomic mass is 35.5. The highest BCUT2D eigenvalue weighted by Gasteiger charge is 2.45. The van der Waals surface area contributed by atoms with E-state index >= 15 is 0 Å². The van der Waals surface area contributed by atoms with Gasteiger partial charge < -0.3 is 14.4 Å². The van der Waals surface area contributed by atoms with Gasteiger partial charge in [-0.15, -0.1) is 0 Å². The number of halogens is 1. The van der Waals surface area contributed by atoms with Gasteiger partial charge in [-0.3, -0.25) is 4.79 Å². The molecule has 1 amide bonds. The van der Waals surface area contributed by atoms with Crippen LogP contribution in [-0.4, -0.2) is 75.8 Å². The SMILES string of the molecule is CCS(=O)(=O)N1CCN(C(=O)C2(c3ccc(OC)c(Cl)c3)CCOCC2)CC1. The molecule has 0 bridgehead atoms. The van der Waals surface area contributed by atoms with Crippen LogP contribution in [0.25, 0.3) is 0 Å². The summed E-state index contributed by atoms with van der Waals surface area (Å²) >= 11 is 6.33. The summed E-state index contributed by atoms with van der Waals surface area (Å²) in [5.74, 6) is 0.663. The van der Waals surface area contributed by atoms with Crippen molar-refractivity contribution < 1.29 is 22.7 Å². The van der Waals surface area contributed by atoms with Crippen LogP contribution in [-0.2, 0) is 25.0 Å². The zero-order chi connectivity index (χ0) is 20.4. The third-order valence-electron chi connectivity index (χ3n) is 5.74. The summed E-state index contributed by atoms with van der Waals surface area (Å²) in [6.45, 7) is 4.08. The van der Waals surface area contributed by atoms with Crippen LogP contribution >= 0.6 is 11.6 Å². The second-order valence-corrected chi connectivity index (χ2v) is 9.80. The number of carbonyl (C=O) groups excluding carboxylic acids is 1. The van der Waals surface area contributed by atoms with E-state index in [0.717, 1.165) is 5.56 Å². The number of benzene rings is 1. The lowest BCUT2D eigenvalue weighted by Gasteiger charge is -2.43. The third kappa shape index (κ3) is 4.01. The Morgan fingerprint density at radius 2 is 1.86 bits per heavy atom. The van der Waals surface area contributed by atoms with Crippen molar-refractivity contribution >= 4 is 27.5 Å². The lowest BCUT2D eigenvalue weighted by molar-refractivity contribution is -0.142. The summed E-state index contributed by atoms with van der Waals surface area (Å²) in [6.07, 6.45) is 1.14. The molecule has 2 fully saturated rings. The number of carbonyl (C=O) groups is 1. The number of ether oxygens (including phenoxy) is 2. The average Bonchev–Trinajstić information content (AvgIpc) is 2.73. The Morgan fingerprint density at radius 3 is 2.39 bits per heavy atom. The molecule has 0 N–H and O–H groups in total. The van der Waals surface area contributed by atoms with E-state index in [0.29, 0.717) is 63.0 Å². The van der Waals surface area contributed by atoms with E-state index in [9.17, 15) is 13.2 Å². The van der Waals surface area contributed by atoms with Crippen molar-refractivity contribution in [2.24, 2.45) is 0 Å². The summed E-state index contributed by atoms with van der Waals surface area (Å²) in [5, 5.41) is 0.470. The van der Waals surface area contributed by atoms with Crippen molar-refractivity contribution in [2.45, 2.75) is 25.2 Å². The molecule has 1 aromatic carbocycles. The molecule has 3 rings (SSSR count). The van der Waals surface area contributed by atoms with Crippen LogP contribution in [0.15, 0.2) is 18.2 Å². The molecule has 28 heavy (non-hydrogen) atoms. The number of amides is 1. The minimum atomic E-state index is -3.23. The van der Waals surface area contributed by atoms with Gasteiger partial charge in [0.2, 0.25) is 15.9 Å². The van der Waals surface area contributed by atoms with E-state index in [1.165, 1.54) is 4.31 Å². The Balaban J connectivity index is 1.84. The van der Waals surface area contributed by atoms with Crippen molar-refractivity contribution in [1.82, 2.24) is 9.21 Å². The van der Waals surface area contributed by atoms with Gasteiger partial charge in [-0.1, -0.05) is 17.7 Å². The van der Waals surface area contributed by atoms with Crippen molar-refractivity contribution in [3.8, 4) is 5.75 Å². The minimum Gasteiger partial charge on any atom is -0.495 e. The maximum atomic E-state index is 13.6. The van der Waals surface area contributed by atoms with E-state index < -0.39 is 15.4 Å². The van der Waals surface area contributed by atoms with Crippen molar-refractivity contribution in [3.63, 3.8) is 0 Å². The molecule has 7 nitrogen and oxygen atoms in total. The molecular formula is C19H27ClN2O5S. The van der Waals surface area contributed by atoms with Crippen LogP contribution in [0.5, 0.6) is 5.75 Å². The molecule has 2 heterocycles. The van der Waals surface area contributed by atoms with Gasteiger partial charge in [0.15, 0.2) is 0 Å². The summed E-state index contributed by atoms with van der Waals surface area (Å²) in [5.41, 5.74) is 0.148. The summed E-state index contributed by atoms with van der Waals surface area (Å²) < 4.78 is 36.4. The van der Waals surface area contributed by atoms with E-state index in [4.69, 9.17) is 21.1 Å². The highest BCUT2D eigenvalue weighted by Crippen LogP contribution is 2.40. The van der Waals surface area contributed by atoms with Gasteiger partial charge in [0.25, 0.3) is 0 Å². The smallest absolute Gasteiger partial charge is 0.233 e. The molecule has 0 atom stereocenters. The van der Waals surface area contributed by atoms with Gasteiger partial charge in [-0.25, -0.2) is 8.42 Å². The summed E-state index contributed by atoms with van der Waals surface area (Å²) in [6, 6.07) is 5.49. The second kappa shape index (κ2) is 8.57. The Morgan fingerprint density at radius 1 is 1.21 bits per heavy atom. The number of nitrogens with zero attached hydrogens (tertiary/aromatic N) is 2. The van der Waals surface area contributed by atoms with Gasteiger partial charge in [0, 0.05) is 39.4 Å². The number of methoxy groups -OCH3 is 1. The fourth-order valence-corrected chi connectivity index (χ4v) is 5.31. The van der Waals surface area contributed by atoms with E-state index in [1.54, 1.807) is 31.1 Å². The molecule has 0 aliphatic carbocycles. The first kappa shape index (κ1) is 21.4. The molecule has 0 aromatic heterocycles. The predicted octanol–water partition coefficient (Wildman–Crippen LogP) is 1.89. The highest BCUT2D eigenvalue weighted by molar-refractivity contribution is 7.89. The van der Waals surface area contributed by atoms with Crippen LogP contribution < -0.4 is 4.74 Å². The molecule has 2 saturated heterocycles. The minimum absolute atomic E-state index is 0.0191. The molecule has 9 heteroatoms. The molecule has 1 aromatic rings. The van der Waals surface area contributed by atoms with Gasteiger partial charge in [-0.2, -0.15) is 4.31 Å². The Kier molecular flexibility index (Phi) is 6.54. The lowest BCUT2D eigenvalue weighted by atomic mass is 9.73. The van der Waals surface area contributed by atoms with Crippen molar-refractivity contribution in [2.75, 3.05) is 52.3 Å². The van der Waals surface area contributed by atoms with Crippen molar-refractivity contribution in [3.05, 3.63) is 28.8 Å². The van der Waals surface area contributed by atoms with Gasteiger partial charge >= 0.3 is 0 Å². The number of hydrogen-bond donors (Lipinski definition) is 0. The fraction of sp³-hybridized carbons (Fsp3) is 0.632. The molecule has 2 aliphatic heterocycles. The van der Waals surface area contributed by atoms with Crippen LogP contribution in [0, 0.1) is 0 Å². The molecular weight excluding hydrogens is 404 g/mol.